The predicted octanol–water partition coefficient (Wildman–Crippen LogP) is 2.94. The Morgan fingerprint density at radius 3 is 2.21 bits per heavy atom. The molecular weight excluding hydrogens is 195 g/mol. The summed E-state index contributed by atoms with van der Waals surface area (Å²) in [7, 11) is 0. The van der Waals surface area contributed by atoms with E-state index < -0.39 is 6.36 Å². The molecule has 0 atom stereocenters. The minimum atomic E-state index is -4.65. The highest BCUT2D eigenvalue weighted by molar-refractivity contribution is 5.47. The second kappa shape index (κ2) is 4.04. The first kappa shape index (κ1) is 10.4. The lowest BCUT2D eigenvalue weighted by molar-refractivity contribution is -0.274. The molecule has 5 heteroatoms. The van der Waals surface area contributed by atoms with Crippen LogP contribution in [0.25, 0.3) is 0 Å². The average Bonchev–Trinajstić information content (AvgIpc) is 2.06. The lowest BCUT2D eigenvalue weighted by Crippen LogP contribution is -2.16. The molecule has 75 valence electrons. The Bertz CT molecular complexity index is 305. The van der Waals surface area contributed by atoms with Crippen LogP contribution in [0.2, 0.25) is 0 Å². The van der Waals surface area contributed by atoms with E-state index >= 15 is 0 Å². The first-order chi connectivity index (χ1) is 6.51. The van der Waals surface area contributed by atoms with Crippen molar-refractivity contribution in [3.63, 3.8) is 0 Å². The van der Waals surface area contributed by atoms with Crippen molar-refractivity contribution in [2.45, 2.75) is 6.36 Å². The Balaban J connectivity index is 2.68. The molecule has 1 rings (SSSR count). The number of hydrogen-bond donors (Lipinski definition) is 1. The van der Waals surface area contributed by atoms with E-state index in [1.807, 2.05) is 0 Å². The van der Waals surface area contributed by atoms with Gasteiger partial charge in [-0.25, -0.2) is 0 Å². The highest BCUT2D eigenvalue weighted by atomic mass is 19.4. The fourth-order valence-corrected chi connectivity index (χ4v) is 0.842. The summed E-state index contributed by atoms with van der Waals surface area (Å²) in [6.45, 7) is 3.29. The Kier molecular flexibility index (Phi) is 3.01. The zero-order valence-electron chi connectivity index (χ0n) is 7.06. The number of ether oxygens (including phenoxy) is 1. The lowest BCUT2D eigenvalue weighted by Gasteiger charge is -2.08. The zero-order chi connectivity index (χ0) is 10.6. The van der Waals surface area contributed by atoms with Gasteiger partial charge in [0.2, 0.25) is 0 Å². The molecule has 0 spiro atoms. The van der Waals surface area contributed by atoms with Gasteiger partial charge < -0.3 is 10.1 Å². The quantitative estimate of drug-likeness (QED) is 0.761. The van der Waals surface area contributed by atoms with Gasteiger partial charge in [0.25, 0.3) is 0 Å². The zero-order valence-corrected chi connectivity index (χ0v) is 7.06. The van der Waals surface area contributed by atoms with Gasteiger partial charge in [-0.05, 0) is 24.3 Å². The molecule has 0 aromatic heterocycles. The van der Waals surface area contributed by atoms with Crippen molar-refractivity contribution in [3.05, 3.63) is 37.0 Å². The normalized spacial score (nSPS) is 10.8. The SMILES string of the molecule is C=[C]Nc1ccc(OC(F)(F)F)cc1. The Morgan fingerprint density at radius 1 is 1.21 bits per heavy atom. The number of nitrogens with one attached hydrogen (secondary N) is 1. The van der Waals surface area contributed by atoms with Crippen molar-refractivity contribution in [2.24, 2.45) is 0 Å². The average molecular weight is 202 g/mol. The van der Waals surface area contributed by atoms with Crippen molar-refractivity contribution in [2.75, 3.05) is 5.32 Å². The molecule has 0 aliphatic carbocycles. The summed E-state index contributed by atoms with van der Waals surface area (Å²) < 4.78 is 38.9. The molecule has 1 N–H and O–H groups in total. The Morgan fingerprint density at radius 2 is 1.79 bits per heavy atom. The summed E-state index contributed by atoms with van der Waals surface area (Å²) in [5, 5.41) is 2.60. The van der Waals surface area contributed by atoms with Crippen LogP contribution in [0.1, 0.15) is 0 Å². The van der Waals surface area contributed by atoms with E-state index in [1.54, 1.807) is 0 Å². The molecule has 0 heterocycles. The third-order valence-corrected chi connectivity index (χ3v) is 1.32. The summed E-state index contributed by atoms with van der Waals surface area (Å²) in [5.74, 6) is -0.257. The van der Waals surface area contributed by atoms with E-state index in [-0.39, 0.29) is 5.75 Å². The molecule has 0 amide bonds. The van der Waals surface area contributed by atoms with Gasteiger partial charge in [-0.2, -0.15) is 0 Å². The molecule has 1 radical (unpaired) electrons. The minimum Gasteiger partial charge on any atom is -0.406 e. The van der Waals surface area contributed by atoms with Crippen molar-refractivity contribution in [3.8, 4) is 5.75 Å². The number of anilines is 1. The van der Waals surface area contributed by atoms with Gasteiger partial charge in [-0.15, -0.1) is 13.2 Å². The van der Waals surface area contributed by atoms with E-state index in [1.165, 1.54) is 24.3 Å². The van der Waals surface area contributed by atoms with Crippen LogP contribution in [0.15, 0.2) is 30.8 Å². The summed E-state index contributed by atoms with van der Waals surface area (Å²) in [6, 6.07) is 5.26. The van der Waals surface area contributed by atoms with Crippen LogP contribution >= 0.6 is 0 Å². The van der Waals surface area contributed by atoms with Gasteiger partial charge in [0.05, 0.1) is 6.20 Å². The van der Waals surface area contributed by atoms with Crippen LogP contribution in [-0.4, -0.2) is 6.36 Å². The third-order valence-electron chi connectivity index (χ3n) is 1.32. The smallest absolute Gasteiger partial charge is 0.406 e. The maximum absolute atomic E-state index is 11.7. The second-order valence-corrected chi connectivity index (χ2v) is 2.37. The monoisotopic (exact) mass is 202 g/mol. The molecule has 14 heavy (non-hydrogen) atoms. The largest absolute Gasteiger partial charge is 0.573 e. The van der Waals surface area contributed by atoms with Crippen LogP contribution in [-0.2, 0) is 0 Å². The first-order valence-corrected chi connectivity index (χ1v) is 3.65. The summed E-state index contributed by atoms with van der Waals surface area (Å²) in [6.07, 6.45) is -2.26. The molecule has 1 aromatic rings. The molecule has 0 saturated heterocycles. The van der Waals surface area contributed by atoms with Crippen LogP contribution in [0.3, 0.4) is 0 Å². The Labute approximate surface area is 79.0 Å². The number of hydrogen-bond acceptors (Lipinski definition) is 2. The van der Waals surface area contributed by atoms with Crippen LogP contribution in [0, 0.1) is 6.20 Å². The first-order valence-electron chi connectivity index (χ1n) is 3.65. The number of rotatable bonds is 3. The van der Waals surface area contributed by atoms with Crippen molar-refractivity contribution < 1.29 is 17.9 Å². The molecule has 2 nitrogen and oxygen atoms in total. The van der Waals surface area contributed by atoms with Gasteiger partial charge >= 0.3 is 6.36 Å². The van der Waals surface area contributed by atoms with Crippen molar-refractivity contribution in [1.29, 1.82) is 0 Å². The summed E-state index contributed by atoms with van der Waals surface area (Å²) >= 11 is 0. The molecule has 0 fully saturated rings. The van der Waals surface area contributed by atoms with Gasteiger partial charge in [-0.3, -0.25) is 0 Å². The van der Waals surface area contributed by atoms with Gasteiger partial charge in [0.1, 0.15) is 5.75 Å². The second-order valence-electron chi connectivity index (χ2n) is 2.37. The van der Waals surface area contributed by atoms with Crippen LogP contribution < -0.4 is 10.1 Å². The molecule has 0 saturated carbocycles. The topological polar surface area (TPSA) is 21.3 Å². The molecule has 0 unspecified atom stereocenters. The van der Waals surface area contributed by atoms with Gasteiger partial charge in [-0.1, -0.05) is 6.58 Å². The predicted molar refractivity (Wildman–Crippen MR) is 45.6 cm³/mol. The summed E-state index contributed by atoms with van der Waals surface area (Å²) in [4.78, 5) is 0. The Hall–Kier alpha value is -1.65. The van der Waals surface area contributed by atoms with Crippen molar-refractivity contribution in [1.82, 2.24) is 0 Å². The van der Waals surface area contributed by atoms with Crippen molar-refractivity contribution >= 4 is 5.69 Å². The highest BCUT2D eigenvalue weighted by Crippen LogP contribution is 2.23. The van der Waals surface area contributed by atoms with E-state index in [9.17, 15) is 13.2 Å². The maximum atomic E-state index is 11.7. The number of halogens is 3. The number of alkyl halides is 3. The molecule has 0 aliphatic rings. The fourth-order valence-electron chi connectivity index (χ4n) is 0.842. The van der Waals surface area contributed by atoms with Crippen LogP contribution in [0.5, 0.6) is 5.75 Å². The molecule has 0 aliphatic heterocycles. The van der Waals surface area contributed by atoms with Gasteiger partial charge in [0.15, 0.2) is 0 Å². The van der Waals surface area contributed by atoms with E-state index in [0.29, 0.717) is 5.69 Å². The summed E-state index contributed by atoms with van der Waals surface area (Å²) in [5.41, 5.74) is 0.592. The maximum Gasteiger partial charge on any atom is 0.573 e. The van der Waals surface area contributed by atoms with E-state index in [2.05, 4.69) is 22.8 Å². The fraction of sp³-hybridized carbons (Fsp3) is 0.111. The third kappa shape index (κ3) is 3.38. The highest BCUT2D eigenvalue weighted by Gasteiger charge is 2.30. The standard InChI is InChI=1S/C9H7F3NO/c1-2-13-7-3-5-8(6-4-7)14-9(10,11)12/h3-6,13H,1H2. The molecular formula is C9H7F3NO. The van der Waals surface area contributed by atoms with Crippen LogP contribution in [0.4, 0.5) is 18.9 Å². The number of benzene rings is 1. The van der Waals surface area contributed by atoms with E-state index in [0.717, 1.165) is 0 Å². The molecule has 1 aromatic carbocycles. The van der Waals surface area contributed by atoms with E-state index in [4.69, 9.17) is 0 Å². The minimum absolute atomic E-state index is 0.257. The molecule has 0 bridgehead atoms. The van der Waals surface area contributed by atoms with Gasteiger partial charge in [0, 0.05) is 5.69 Å². The lowest BCUT2D eigenvalue weighted by atomic mass is 10.3.